The van der Waals surface area contributed by atoms with Gasteiger partial charge in [-0.2, -0.15) is 5.10 Å². The number of aromatic nitrogens is 4. The maximum atomic E-state index is 11.2. The highest BCUT2D eigenvalue weighted by Crippen LogP contribution is 2.26. The number of carbonyl (C=O) groups is 1. The first-order valence-corrected chi connectivity index (χ1v) is 7.35. The number of hydrogen-bond donors (Lipinski definition) is 2. The number of nitrogen functional groups attached to an aromatic ring is 1. The van der Waals surface area contributed by atoms with E-state index in [2.05, 4.69) is 37.7 Å². The van der Waals surface area contributed by atoms with Crippen molar-refractivity contribution in [2.24, 2.45) is 0 Å². The van der Waals surface area contributed by atoms with E-state index >= 15 is 0 Å². The van der Waals surface area contributed by atoms with Crippen LogP contribution in [0.5, 0.6) is 0 Å². The van der Waals surface area contributed by atoms with Crippen LogP contribution in [0.15, 0.2) is 6.33 Å². The summed E-state index contributed by atoms with van der Waals surface area (Å²) < 4.78 is 7.85. The second-order valence-corrected chi connectivity index (χ2v) is 5.67. The van der Waals surface area contributed by atoms with Crippen molar-refractivity contribution < 1.29 is 14.6 Å². The predicted octanol–water partition coefficient (Wildman–Crippen LogP) is 0.564. The third-order valence-electron chi connectivity index (χ3n) is 3.34. The van der Waals surface area contributed by atoms with Gasteiger partial charge in [-0.15, -0.1) is 0 Å². The smallest absolute Gasteiger partial charge is 0.407 e. The van der Waals surface area contributed by atoms with Gasteiger partial charge in [0.15, 0.2) is 5.65 Å². The summed E-state index contributed by atoms with van der Waals surface area (Å²) in [5.41, 5.74) is 6.45. The summed E-state index contributed by atoms with van der Waals surface area (Å²) in [5, 5.41) is 14.3. The van der Waals surface area contributed by atoms with Crippen LogP contribution in [0.3, 0.4) is 0 Å². The van der Waals surface area contributed by atoms with Crippen LogP contribution in [0.2, 0.25) is 0 Å². The molecule has 3 N–H and O–H groups in total. The number of carboxylic acid groups (broad SMARTS) is 1. The zero-order valence-corrected chi connectivity index (χ0v) is 13.1. The minimum Gasteiger partial charge on any atom is -0.465 e. The molecule has 10 heteroatoms. The molecule has 2 aromatic heterocycles. The Bertz CT molecular complexity index is 690. The molecule has 0 aliphatic carbocycles. The van der Waals surface area contributed by atoms with Gasteiger partial charge in [0.25, 0.3) is 0 Å². The normalized spacial score (nSPS) is 19.7. The lowest BCUT2D eigenvalue weighted by Crippen LogP contribution is -2.35. The zero-order valence-electron chi connectivity index (χ0n) is 10.9. The van der Waals surface area contributed by atoms with Gasteiger partial charge in [-0.25, -0.2) is 19.4 Å². The fourth-order valence-corrected chi connectivity index (χ4v) is 3.07. The molecule has 1 fully saturated rings. The standard InChI is InChI=1S/C11H13IN6O3/c12-8-7-9(13)14-5-15-10(7)18(16-8)6-3-17(11(19)20)1-2-21-4-6/h5-6H,1-4H2,(H,19,20)(H2,13,14,15). The van der Waals surface area contributed by atoms with E-state index < -0.39 is 6.09 Å². The van der Waals surface area contributed by atoms with E-state index in [1.54, 1.807) is 4.68 Å². The number of halogens is 1. The van der Waals surface area contributed by atoms with E-state index in [0.29, 0.717) is 46.9 Å². The van der Waals surface area contributed by atoms with Crippen molar-refractivity contribution in [3.05, 3.63) is 10.0 Å². The topological polar surface area (TPSA) is 119 Å². The molecule has 112 valence electrons. The largest absolute Gasteiger partial charge is 0.465 e. The van der Waals surface area contributed by atoms with E-state index in [9.17, 15) is 9.90 Å². The van der Waals surface area contributed by atoms with Crippen molar-refractivity contribution in [2.45, 2.75) is 6.04 Å². The van der Waals surface area contributed by atoms with Crippen LogP contribution in [-0.2, 0) is 4.74 Å². The highest BCUT2D eigenvalue weighted by Gasteiger charge is 2.26. The summed E-state index contributed by atoms with van der Waals surface area (Å²) in [7, 11) is 0. The Labute approximate surface area is 133 Å². The fourth-order valence-electron chi connectivity index (χ4n) is 2.32. The Morgan fingerprint density at radius 2 is 2.33 bits per heavy atom. The Morgan fingerprint density at radius 3 is 3.10 bits per heavy atom. The van der Waals surface area contributed by atoms with Crippen LogP contribution in [0.1, 0.15) is 6.04 Å². The highest BCUT2D eigenvalue weighted by molar-refractivity contribution is 14.1. The van der Waals surface area contributed by atoms with Crippen molar-refractivity contribution in [2.75, 3.05) is 32.0 Å². The number of fused-ring (bicyclic) bond motifs is 1. The number of nitrogens with zero attached hydrogens (tertiary/aromatic N) is 5. The average Bonchev–Trinajstić information content (AvgIpc) is 2.64. The summed E-state index contributed by atoms with van der Waals surface area (Å²) in [6.45, 7) is 1.39. The molecule has 2 aromatic rings. The second kappa shape index (κ2) is 5.60. The Hall–Kier alpha value is -1.69. The van der Waals surface area contributed by atoms with Gasteiger partial charge in [0.05, 0.1) is 24.6 Å². The summed E-state index contributed by atoms with van der Waals surface area (Å²) in [6, 6.07) is -0.246. The summed E-state index contributed by atoms with van der Waals surface area (Å²) in [4.78, 5) is 20.7. The van der Waals surface area contributed by atoms with Gasteiger partial charge in [-0.1, -0.05) is 0 Å². The molecule has 9 nitrogen and oxygen atoms in total. The van der Waals surface area contributed by atoms with Gasteiger partial charge >= 0.3 is 6.09 Å². The second-order valence-electron chi connectivity index (χ2n) is 4.65. The molecule has 0 radical (unpaired) electrons. The van der Waals surface area contributed by atoms with E-state index in [0.717, 1.165) is 0 Å². The fraction of sp³-hybridized carbons (Fsp3) is 0.455. The predicted molar refractivity (Wildman–Crippen MR) is 81.9 cm³/mol. The number of rotatable bonds is 1. The summed E-state index contributed by atoms with van der Waals surface area (Å²) in [6.07, 6.45) is 0.407. The molecule has 3 rings (SSSR count). The molecule has 0 spiro atoms. The molecule has 1 aliphatic heterocycles. The van der Waals surface area contributed by atoms with Crippen LogP contribution >= 0.6 is 22.6 Å². The van der Waals surface area contributed by atoms with E-state index in [4.69, 9.17) is 10.5 Å². The Kier molecular flexibility index (Phi) is 3.80. The molecule has 0 saturated carbocycles. The molecule has 3 heterocycles. The average molecular weight is 404 g/mol. The molecule has 1 atom stereocenters. The van der Waals surface area contributed by atoms with Crippen LogP contribution in [0.4, 0.5) is 10.6 Å². The summed E-state index contributed by atoms with van der Waals surface area (Å²) >= 11 is 2.07. The van der Waals surface area contributed by atoms with Crippen LogP contribution in [0, 0.1) is 3.70 Å². The Balaban J connectivity index is 2.03. The van der Waals surface area contributed by atoms with Crippen molar-refractivity contribution in [1.29, 1.82) is 0 Å². The van der Waals surface area contributed by atoms with Gasteiger partial charge in [0.1, 0.15) is 15.8 Å². The summed E-state index contributed by atoms with van der Waals surface area (Å²) in [5.74, 6) is 0.361. The maximum Gasteiger partial charge on any atom is 0.407 e. The zero-order chi connectivity index (χ0) is 15.0. The molecular weight excluding hydrogens is 391 g/mol. The van der Waals surface area contributed by atoms with Crippen molar-refractivity contribution in [1.82, 2.24) is 24.6 Å². The molecule has 0 bridgehead atoms. The number of hydrogen-bond acceptors (Lipinski definition) is 6. The molecule has 1 amide bonds. The third kappa shape index (κ3) is 2.60. The quantitative estimate of drug-likeness (QED) is 0.667. The highest BCUT2D eigenvalue weighted by atomic mass is 127. The molecule has 21 heavy (non-hydrogen) atoms. The van der Waals surface area contributed by atoms with Gasteiger partial charge in [-0.05, 0) is 22.6 Å². The third-order valence-corrected chi connectivity index (χ3v) is 4.09. The van der Waals surface area contributed by atoms with Gasteiger partial charge in [0, 0.05) is 13.1 Å². The minimum atomic E-state index is -0.967. The SMILES string of the molecule is Nc1ncnc2c1c(I)nn2C1COCCN(C(=O)O)C1. The number of amides is 1. The first kappa shape index (κ1) is 14.3. The molecule has 0 aromatic carbocycles. The maximum absolute atomic E-state index is 11.2. The number of ether oxygens (including phenoxy) is 1. The number of nitrogens with two attached hydrogens (primary N) is 1. The van der Waals surface area contributed by atoms with Gasteiger partial charge in [0.2, 0.25) is 0 Å². The molecule has 1 aliphatic rings. The van der Waals surface area contributed by atoms with Crippen LogP contribution < -0.4 is 5.73 Å². The lowest BCUT2D eigenvalue weighted by molar-refractivity contribution is 0.119. The van der Waals surface area contributed by atoms with Gasteiger partial charge < -0.3 is 20.5 Å². The van der Waals surface area contributed by atoms with E-state index in [-0.39, 0.29) is 6.04 Å². The van der Waals surface area contributed by atoms with E-state index in [1.807, 2.05) is 0 Å². The first-order chi connectivity index (χ1) is 10.1. The monoisotopic (exact) mass is 404 g/mol. The van der Waals surface area contributed by atoms with E-state index in [1.165, 1.54) is 11.2 Å². The first-order valence-electron chi connectivity index (χ1n) is 6.27. The molecular formula is C11H13IN6O3. The molecule has 1 saturated heterocycles. The van der Waals surface area contributed by atoms with Crippen molar-refractivity contribution in [3.63, 3.8) is 0 Å². The number of anilines is 1. The van der Waals surface area contributed by atoms with Crippen LogP contribution in [0.25, 0.3) is 11.0 Å². The lowest BCUT2D eigenvalue weighted by atomic mass is 10.3. The van der Waals surface area contributed by atoms with Crippen molar-refractivity contribution in [3.8, 4) is 0 Å². The van der Waals surface area contributed by atoms with Gasteiger partial charge in [-0.3, -0.25) is 0 Å². The van der Waals surface area contributed by atoms with Crippen molar-refractivity contribution >= 4 is 45.5 Å². The van der Waals surface area contributed by atoms with Crippen LogP contribution in [-0.4, -0.2) is 62.2 Å². The minimum absolute atomic E-state index is 0.246. The molecule has 1 unspecified atom stereocenters. The lowest BCUT2D eigenvalue weighted by Gasteiger charge is -2.21. The Morgan fingerprint density at radius 1 is 1.52 bits per heavy atom.